The molecule has 7 nitrogen and oxygen atoms in total. The first-order chi connectivity index (χ1) is 9.28. The summed E-state index contributed by atoms with van der Waals surface area (Å²) < 4.78 is 5.31. The average molecular weight is 262 g/mol. The van der Waals surface area contributed by atoms with Crippen molar-refractivity contribution in [2.75, 3.05) is 24.5 Å². The molecular formula is C12H18N6O. The van der Waals surface area contributed by atoms with Gasteiger partial charge in [0, 0.05) is 13.1 Å². The van der Waals surface area contributed by atoms with Crippen molar-refractivity contribution in [2.45, 2.75) is 19.8 Å². The molecule has 0 aromatic carbocycles. The van der Waals surface area contributed by atoms with Crippen LogP contribution in [0.2, 0.25) is 0 Å². The summed E-state index contributed by atoms with van der Waals surface area (Å²) in [6.45, 7) is 4.56. The van der Waals surface area contributed by atoms with Crippen LogP contribution in [-0.4, -0.2) is 39.8 Å². The van der Waals surface area contributed by atoms with Gasteiger partial charge in [-0.05, 0) is 32.2 Å². The first-order valence-electron chi connectivity index (χ1n) is 6.56. The number of piperidine rings is 1. The Kier molecular flexibility index (Phi) is 3.20. The summed E-state index contributed by atoms with van der Waals surface area (Å²) >= 11 is 0. The molecule has 0 aliphatic carbocycles. The van der Waals surface area contributed by atoms with E-state index < -0.39 is 0 Å². The van der Waals surface area contributed by atoms with Crippen LogP contribution in [-0.2, 0) is 0 Å². The summed E-state index contributed by atoms with van der Waals surface area (Å²) in [5.74, 6) is 2.63. The largest absolute Gasteiger partial charge is 0.440 e. The summed E-state index contributed by atoms with van der Waals surface area (Å²) in [5, 5.41) is 7.17. The van der Waals surface area contributed by atoms with Crippen molar-refractivity contribution < 1.29 is 4.42 Å². The van der Waals surface area contributed by atoms with E-state index in [1.54, 1.807) is 0 Å². The zero-order valence-electron chi connectivity index (χ0n) is 11.0. The van der Waals surface area contributed by atoms with Crippen molar-refractivity contribution in [1.82, 2.24) is 20.2 Å². The van der Waals surface area contributed by atoms with Gasteiger partial charge in [0.05, 0.1) is 5.69 Å². The quantitative estimate of drug-likeness (QED) is 0.854. The van der Waals surface area contributed by atoms with Gasteiger partial charge in [-0.2, -0.15) is 4.98 Å². The second-order valence-electron chi connectivity index (χ2n) is 4.92. The highest BCUT2D eigenvalue weighted by atomic mass is 16.3. The van der Waals surface area contributed by atoms with Crippen LogP contribution < -0.4 is 10.6 Å². The number of aryl methyl sites for hydroxylation is 1. The van der Waals surface area contributed by atoms with Gasteiger partial charge in [-0.25, -0.2) is 4.98 Å². The Morgan fingerprint density at radius 1 is 1.47 bits per heavy atom. The van der Waals surface area contributed by atoms with E-state index in [1.807, 2.05) is 6.92 Å². The van der Waals surface area contributed by atoms with E-state index in [9.17, 15) is 0 Å². The lowest BCUT2D eigenvalue weighted by atomic mass is 9.97. The van der Waals surface area contributed by atoms with Gasteiger partial charge in [0.2, 0.25) is 5.95 Å². The standard InChI is InChI=1S/C12H18N6O/c1-8-10(19-7-14-8)11-15-12(17-16-11)18-4-2-9(6-13)3-5-18/h7,9H,2-6,13H2,1H3,(H,15,16,17). The van der Waals surface area contributed by atoms with E-state index in [2.05, 4.69) is 25.1 Å². The minimum absolute atomic E-state index is 0.631. The molecule has 19 heavy (non-hydrogen) atoms. The van der Waals surface area contributed by atoms with Crippen LogP contribution in [0, 0.1) is 12.8 Å². The number of oxazole rings is 1. The van der Waals surface area contributed by atoms with Crippen LogP contribution in [0.4, 0.5) is 5.95 Å². The smallest absolute Gasteiger partial charge is 0.245 e. The number of hydrogen-bond donors (Lipinski definition) is 2. The maximum Gasteiger partial charge on any atom is 0.245 e. The SMILES string of the molecule is Cc1ncoc1-c1nc(N2CCC(CN)CC2)n[nH]1. The van der Waals surface area contributed by atoms with Crippen molar-refractivity contribution in [3.8, 4) is 11.6 Å². The Morgan fingerprint density at radius 2 is 2.26 bits per heavy atom. The lowest BCUT2D eigenvalue weighted by molar-refractivity contribution is 0.411. The number of nitrogens with one attached hydrogen (secondary N) is 1. The number of H-pyrrole nitrogens is 1. The summed E-state index contributed by atoms with van der Waals surface area (Å²) in [6, 6.07) is 0. The maximum atomic E-state index is 5.70. The number of anilines is 1. The Hall–Kier alpha value is -1.89. The van der Waals surface area contributed by atoms with Gasteiger partial charge < -0.3 is 15.1 Å². The molecule has 1 aliphatic heterocycles. The highest BCUT2D eigenvalue weighted by Crippen LogP contribution is 2.23. The third-order valence-corrected chi connectivity index (χ3v) is 3.66. The number of nitrogens with two attached hydrogens (primary N) is 1. The van der Waals surface area contributed by atoms with Crippen molar-refractivity contribution in [1.29, 1.82) is 0 Å². The van der Waals surface area contributed by atoms with Crippen LogP contribution in [0.25, 0.3) is 11.6 Å². The first kappa shape index (κ1) is 12.2. The van der Waals surface area contributed by atoms with Gasteiger partial charge in [-0.1, -0.05) is 0 Å². The zero-order valence-corrected chi connectivity index (χ0v) is 11.0. The van der Waals surface area contributed by atoms with Gasteiger partial charge in [0.15, 0.2) is 18.0 Å². The van der Waals surface area contributed by atoms with E-state index in [0.717, 1.165) is 44.1 Å². The van der Waals surface area contributed by atoms with Gasteiger partial charge in [0.1, 0.15) is 0 Å². The van der Waals surface area contributed by atoms with E-state index in [4.69, 9.17) is 10.2 Å². The number of rotatable bonds is 3. The molecule has 1 fully saturated rings. The summed E-state index contributed by atoms with van der Waals surface area (Å²) in [4.78, 5) is 10.7. The molecular weight excluding hydrogens is 244 g/mol. The second-order valence-corrected chi connectivity index (χ2v) is 4.92. The monoisotopic (exact) mass is 262 g/mol. The van der Waals surface area contributed by atoms with Gasteiger partial charge in [-0.15, -0.1) is 5.10 Å². The highest BCUT2D eigenvalue weighted by Gasteiger charge is 2.22. The fraction of sp³-hybridized carbons (Fsp3) is 0.583. The summed E-state index contributed by atoms with van der Waals surface area (Å²) in [7, 11) is 0. The van der Waals surface area contributed by atoms with Crippen LogP contribution in [0.15, 0.2) is 10.8 Å². The van der Waals surface area contributed by atoms with Crippen LogP contribution >= 0.6 is 0 Å². The predicted molar refractivity (Wildman–Crippen MR) is 70.6 cm³/mol. The van der Waals surface area contributed by atoms with E-state index >= 15 is 0 Å². The maximum absolute atomic E-state index is 5.70. The molecule has 0 bridgehead atoms. The molecule has 0 atom stereocenters. The molecule has 7 heteroatoms. The molecule has 2 aromatic heterocycles. The Balaban J connectivity index is 1.74. The second kappa shape index (κ2) is 5.00. The molecule has 3 N–H and O–H groups in total. The number of hydrogen-bond acceptors (Lipinski definition) is 6. The van der Waals surface area contributed by atoms with Crippen molar-refractivity contribution >= 4 is 5.95 Å². The highest BCUT2D eigenvalue weighted by molar-refractivity contribution is 5.51. The summed E-state index contributed by atoms with van der Waals surface area (Å²) in [6.07, 6.45) is 3.61. The van der Waals surface area contributed by atoms with Crippen molar-refractivity contribution in [3.05, 3.63) is 12.1 Å². The van der Waals surface area contributed by atoms with E-state index in [-0.39, 0.29) is 0 Å². The Morgan fingerprint density at radius 3 is 2.89 bits per heavy atom. The third kappa shape index (κ3) is 2.33. The van der Waals surface area contributed by atoms with Gasteiger partial charge in [-0.3, -0.25) is 5.10 Å². The van der Waals surface area contributed by atoms with Gasteiger partial charge >= 0.3 is 0 Å². The third-order valence-electron chi connectivity index (χ3n) is 3.66. The molecule has 0 radical (unpaired) electrons. The summed E-state index contributed by atoms with van der Waals surface area (Å²) in [5.41, 5.74) is 6.51. The van der Waals surface area contributed by atoms with E-state index in [0.29, 0.717) is 17.5 Å². The fourth-order valence-corrected chi connectivity index (χ4v) is 2.39. The van der Waals surface area contributed by atoms with E-state index in [1.165, 1.54) is 6.39 Å². The predicted octanol–water partition coefficient (Wildman–Crippen LogP) is 0.943. The first-order valence-corrected chi connectivity index (χ1v) is 6.56. The van der Waals surface area contributed by atoms with Gasteiger partial charge in [0.25, 0.3) is 0 Å². The Bertz CT molecular complexity index is 540. The number of aromatic nitrogens is 4. The molecule has 0 spiro atoms. The van der Waals surface area contributed by atoms with Crippen molar-refractivity contribution in [2.24, 2.45) is 11.7 Å². The molecule has 1 saturated heterocycles. The molecule has 102 valence electrons. The lowest BCUT2D eigenvalue weighted by Crippen LogP contribution is -2.36. The topological polar surface area (TPSA) is 96.9 Å². The number of aromatic amines is 1. The van der Waals surface area contributed by atoms with Crippen LogP contribution in [0.3, 0.4) is 0 Å². The van der Waals surface area contributed by atoms with Crippen LogP contribution in [0.1, 0.15) is 18.5 Å². The number of nitrogens with zero attached hydrogens (tertiary/aromatic N) is 4. The minimum atomic E-state index is 0.631. The fourth-order valence-electron chi connectivity index (χ4n) is 2.39. The van der Waals surface area contributed by atoms with Crippen LogP contribution in [0.5, 0.6) is 0 Å². The lowest BCUT2D eigenvalue weighted by Gasteiger charge is -2.30. The molecule has 2 aromatic rings. The molecule has 0 unspecified atom stereocenters. The average Bonchev–Trinajstić information content (AvgIpc) is 3.07. The molecule has 3 heterocycles. The Labute approximate surface area is 111 Å². The molecule has 0 saturated carbocycles. The minimum Gasteiger partial charge on any atom is -0.440 e. The molecule has 1 aliphatic rings. The molecule has 0 amide bonds. The van der Waals surface area contributed by atoms with Crippen molar-refractivity contribution in [3.63, 3.8) is 0 Å². The normalized spacial score (nSPS) is 17.1. The zero-order chi connectivity index (χ0) is 13.2. The molecule has 3 rings (SSSR count).